The summed E-state index contributed by atoms with van der Waals surface area (Å²) in [6, 6.07) is 22.6. The maximum atomic E-state index is 12.8. The van der Waals surface area contributed by atoms with E-state index in [9.17, 15) is 4.79 Å². The van der Waals surface area contributed by atoms with Crippen LogP contribution in [0.3, 0.4) is 0 Å². The molecule has 0 saturated carbocycles. The lowest BCUT2D eigenvalue weighted by atomic mass is 10.1. The second kappa shape index (κ2) is 7.89. The van der Waals surface area contributed by atoms with E-state index in [4.69, 9.17) is 11.6 Å². The summed E-state index contributed by atoms with van der Waals surface area (Å²) in [7, 11) is 0. The van der Waals surface area contributed by atoms with E-state index >= 15 is 0 Å². The molecule has 0 atom stereocenters. The van der Waals surface area contributed by atoms with E-state index < -0.39 is 0 Å². The first-order valence-electron chi connectivity index (χ1n) is 9.19. The molecule has 5 nitrogen and oxygen atoms in total. The molecule has 0 fully saturated rings. The molecule has 29 heavy (non-hydrogen) atoms. The fourth-order valence-electron chi connectivity index (χ4n) is 3.06. The number of amides is 1. The van der Waals surface area contributed by atoms with E-state index in [1.165, 1.54) is 0 Å². The number of carbonyl (C=O) groups is 1. The van der Waals surface area contributed by atoms with Crippen LogP contribution in [0.1, 0.15) is 21.7 Å². The minimum atomic E-state index is -0.372. The van der Waals surface area contributed by atoms with E-state index in [-0.39, 0.29) is 11.7 Å². The van der Waals surface area contributed by atoms with Gasteiger partial charge in [0.25, 0.3) is 5.91 Å². The van der Waals surface area contributed by atoms with Crippen LogP contribution in [0.2, 0.25) is 5.02 Å². The Balaban J connectivity index is 1.83. The lowest BCUT2D eigenvalue weighted by Crippen LogP contribution is -2.14. The highest BCUT2D eigenvalue weighted by atomic mass is 35.5. The summed E-state index contributed by atoms with van der Waals surface area (Å²) in [4.78, 5) is 17.3. The van der Waals surface area contributed by atoms with Crippen LogP contribution in [0.15, 0.2) is 72.8 Å². The van der Waals surface area contributed by atoms with E-state index in [2.05, 4.69) is 15.4 Å². The molecule has 0 bridgehead atoms. The average molecular weight is 403 g/mol. The summed E-state index contributed by atoms with van der Waals surface area (Å²) >= 11 is 6.19. The van der Waals surface area contributed by atoms with Crippen molar-refractivity contribution >= 4 is 23.2 Å². The molecule has 1 amide bonds. The molecule has 0 aliphatic rings. The molecule has 1 aromatic heterocycles. The number of carbonyl (C=O) groups excluding carboxylic acids is 1. The van der Waals surface area contributed by atoms with Gasteiger partial charge in [0.05, 0.1) is 5.69 Å². The van der Waals surface area contributed by atoms with E-state index in [0.29, 0.717) is 16.5 Å². The minimum absolute atomic E-state index is 0.0877. The number of rotatable bonds is 4. The predicted octanol–water partition coefficient (Wildman–Crippen LogP) is 5.46. The van der Waals surface area contributed by atoms with Gasteiger partial charge in [-0.1, -0.05) is 54.1 Å². The molecule has 0 aliphatic carbocycles. The van der Waals surface area contributed by atoms with Crippen molar-refractivity contribution in [3.8, 4) is 17.1 Å². The number of halogens is 1. The zero-order valence-corrected chi connectivity index (χ0v) is 16.8. The van der Waals surface area contributed by atoms with Crippen LogP contribution < -0.4 is 5.32 Å². The van der Waals surface area contributed by atoms with Crippen LogP contribution in [0.5, 0.6) is 0 Å². The van der Waals surface area contributed by atoms with Crippen molar-refractivity contribution in [2.45, 2.75) is 13.8 Å². The second-order valence-corrected chi connectivity index (χ2v) is 7.16. The number of anilines is 1. The van der Waals surface area contributed by atoms with Gasteiger partial charge in [0, 0.05) is 16.3 Å². The van der Waals surface area contributed by atoms with Crippen LogP contribution in [0, 0.1) is 13.8 Å². The molecular weight excluding hydrogens is 384 g/mol. The van der Waals surface area contributed by atoms with Gasteiger partial charge in [-0.05, 0) is 55.3 Å². The normalized spacial score (nSPS) is 10.7. The molecule has 1 N–H and O–H groups in total. The Morgan fingerprint density at radius 2 is 1.72 bits per heavy atom. The average Bonchev–Trinajstić information content (AvgIpc) is 3.16. The molecule has 1 heterocycles. The smallest absolute Gasteiger partial charge is 0.295 e. The van der Waals surface area contributed by atoms with Gasteiger partial charge in [0.1, 0.15) is 0 Å². The van der Waals surface area contributed by atoms with Gasteiger partial charge in [-0.15, -0.1) is 5.10 Å². The highest BCUT2D eigenvalue weighted by Crippen LogP contribution is 2.26. The third-order valence-corrected chi connectivity index (χ3v) is 4.96. The van der Waals surface area contributed by atoms with Crippen molar-refractivity contribution in [2.75, 3.05) is 5.32 Å². The molecule has 0 aliphatic heterocycles. The monoisotopic (exact) mass is 402 g/mol. The van der Waals surface area contributed by atoms with Crippen LogP contribution in [0.25, 0.3) is 17.1 Å². The summed E-state index contributed by atoms with van der Waals surface area (Å²) < 4.78 is 1.70. The third kappa shape index (κ3) is 3.91. The molecule has 0 spiro atoms. The number of aromatic nitrogens is 3. The zero-order valence-electron chi connectivity index (χ0n) is 16.1. The van der Waals surface area contributed by atoms with Crippen LogP contribution in [-0.4, -0.2) is 20.7 Å². The van der Waals surface area contributed by atoms with Crippen molar-refractivity contribution in [2.24, 2.45) is 0 Å². The van der Waals surface area contributed by atoms with Gasteiger partial charge in [-0.25, -0.2) is 9.67 Å². The molecular formula is C23H19ClN4O. The SMILES string of the molecule is Cc1cccc(-n2nc(C(=O)Nc3ccccc3)nc2-c2cccc(Cl)c2)c1C. The second-order valence-electron chi connectivity index (χ2n) is 6.72. The fourth-order valence-corrected chi connectivity index (χ4v) is 3.25. The molecule has 3 aromatic carbocycles. The maximum absolute atomic E-state index is 12.8. The van der Waals surface area contributed by atoms with Gasteiger partial charge in [0.15, 0.2) is 5.82 Å². The Hall–Kier alpha value is -3.44. The first-order valence-corrected chi connectivity index (χ1v) is 9.57. The number of hydrogen-bond donors (Lipinski definition) is 1. The number of nitrogens with zero attached hydrogens (tertiary/aromatic N) is 3. The van der Waals surface area contributed by atoms with Gasteiger partial charge in [-0.2, -0.15) is 0 Å². The Kier molecular flexibility index (Phi) is 5.14. The lowest BCUT2D eigenvalue weighted by Gasteiger charge is -2.11. The summed E-state index contributed by atoms with van der Waals surface area (Å²) in [5.41, 5.74) is 4.53. The number of para-hydroxylation sites is 1. The van der Waals surface area contributed by atoms with Crippen molar-refractivity contribution in [3.63, 3.8) is 0 Å². The van der Waals surface area contributed by atoms with Crippen molar-refractivity contribution in [3.05, 3.63) is 94.8 Å². The van der Waals surface area contributed by atoms with Crippen LogP contribution in [-0.2, 0) is 0 Å². The van der Waals surface area contributed by atoms with E-state index in [1.54, 1.807) is 10.7 Å². The first-order chi connectivity index (χ1) is 14.0. The number of hydrogen-bond acceptors (Lipinski definition) is 3. The number of benzene rings is 3. The standard InChI is InChI=1S/C23H19ClN4O/c1-15-8-6-13-20(16(15)2)28-22(17-9-7-10-18(24)14-17)26-21(27-28)23(29)25-19-11-4-3-5-12-19/h3-14H,1-2H3,(H,25,29). The molecule has 6 heteroatoms. The van der Waals surface area contributed by atoms with Crippen LogP contribution >= 0.6 is 11.6 Å². The Morgan fingerprint density at radius 3 is 2.48 bits per heavy atom. The lowest BCUT2D eigenvalue weighted by molar-refractivity contribution is 0.101. The summed E-state index contributed by atoms with van der Waals surface area (Å²) in [6.07, 6.45) is 0. The third-order valence-electron chi connectivity index (χ3n) is 4.73. The maximum Gasteiger partial charge on any atom is 0.295 e. The Bertz CT molecular complexity index is 1180. The summed E-state index contributed by atoms with van der Waals surface area (Å²) in [5, 5.41) is 7.96. The summed E-state index contributed by atoms with van der Waals surface area (Å²) in [6.45, 7) is 4.07. The van der Waals surface area contributed by atoms with E-state index in [0.717, 1.165) is 22.4 Å². The summed E-state index contributed by atoms with van der Waals surface area (Å²) in [5.74, 6) is 0.271. The van der Waals surface area contributed by atoms with E-state index in [1.807, 2.05) is 80.6 Å². The van der Waals surface area contributed by atoms with Crippen molar-refractivity contribution in [1.29, 1.82) is 0 Å². The first kappa shape index (κ1) is 18.9. The topological polar surface area (TPSA) is 59.8 Å². The predicted molar refractivity (Wildman–Crippen MR) is 116 cm³/mol. The quantitative estimate of drug-likeness (QED) is 0.493. The highest BCUT2D eigenvalue weighted by molar-refractivity contribution is 6.30. The molecule has 4 aromatic rings. The number of aryl methyl sites for hydroxylation is 1. The molecule has 144 valence electrons. The van der Waals surface area contributed by atoms with Gasteiger partial charge < -0.3 is 5.32 Å². The fraction of sp³-hybridized carbons (Fsp3) is 0.0870. The number of nitrogens with one attached hydrogen (secondary N) is 1. The van der Waals surface area contributed by atoms with Gasteiger partial charge in [0.2, 0.25) is 5.82 Å². The largest absolute Gasteiger partial charge is 0.319 e. The van der Waals surface area contributed by atoms with Crippen LogP contribution in [0.4, 0.5) is 5.69 Å². The Labute approximate surface area is 174 Å². The zero-order chi connectivity index (χ0) is 20.4. The minimum Gasteiger partial charge on any atom is -0.319 e. The molecule has 0 saturated heterocycles. The van der Waals surface area contributed by atoms with Gasteiger partial charge in [-0.3, -0.25) is 4.79 Å². The highest BCUT2D eigenvalue weighted by Gasteiger charge is 2.20. The van der Waals surface area contributed by atoms with Crippen molar-refractivity contribution in [1.82, 2.24) is 14.8 Å². The molecule has 4 rings (SSSR count). The molecule has 0 unspecified atom stereocenters. The Morgan fingerprint density at radius 1 is 0.966 bits per heavy atom. The van der Waals surface area contributed by atoms with Gasteiger partial charge >= 0.3 is 0 Å². The molecule has 0 radical (unpaired) electrons. The van der Waals surface area contributed by atoms with Crippen molar-refractivity contribution < 1.29 is 4.79 Å².